The summed E-state index contributed by atoms with van der Waals surface area (Å²) in [6, 6.07) is 0. The van der Waals surface area contributed by atoms with Crippen LogP contribution in [-0.2, 0) is 15.7 Å². The van der Waals surface area contributed by atoms with Gasteiger partial charge in [0, 0.05) is 13.2 Å². The smallest absolute Gasteiger partial charge is 0.414 e. The van der Waals surface area contributed by atoms with E-state index in [0.29, 0.717) is 24.3 Å². The van der Waals surface area contributed by atoms with Gasteiger partial charge >= 0.3 is 6.09 Å². The third kappa shape index (κ3) is 6.38. The fourth-order valence-corrected chi connectivity index (χ4v) is 3.60. The number of hydrogen-bond acceptors (Lipinski definition) is 6. The van der Waals surface area contributed by atoms with Crippen LogP contribution in [0.25, 0.3) is 11.2 Å². The average Bonchev–Trinajstić information content (AvgIpc) is 2.92. The number of rotatable bonds is 6. The van der Waals surface area contributed by atoms with Crippen molar-refractivity contribution < 1.29 is 14.0 Å². The highest BCUT2D eigenvalue weighted by atomic mass is 35.5. The van der Waals surface area contributed by atoms with Crippen LogP contribution in [0.15, 0.2) is 6.33 Å². The number of ether oxygens (including phenoxy) is 1. The molecule has 2 aromatic heterocycles. The summed E-state index contributed by atoms with van der Waals surface area (Å²) in [6.45, 7) is 17.8. The first-order chi connectivity index (χ1) is 13.2. The normalized spacial score (nSPS) is 13.0. The van der Waals surface area contributed by atoms with E-state index in [0.717, 1.165) is 6.42 Å². The maximum absolute atomic E-state index is 12.0. The first-order valence-electron chi connectivity index (χ1n) is 9.72. The molecular weight excluding hydrogens is 410 g/mol. The molecule has 0 unspecified atom stereocenters. The van der Waals surface area contributed by atoms with Gasteiger partial charge in [-0.15, -0.1) is 0 Å². The minimum Gasteiger partial charge on any atom is -0.444 e. The second-order valence-electron chi connectivity index (χ2n) is 9.54. The van der Waals surface area contributed by atoms with Gasteiger partial charge in [-0.25, -0.2) is 9.78 Å². The van der Waals surface area contributed by atoms with Crippen molar-refractivity contribution in [2.24, 2.45) is 0 Å². The summed E-state index contributed by atoms with van der Waals surface area (Å²) in [4.78, 5) is 24.8. The zero-order valence-electron chi connectivity index (χ0n) is 18.6. The Bertz CT molecular complexity index is 871. The Labute approximate surface area is 178 Å². The van der Waals surface area contributed by atoms with Gasteiger partial charge in [-0.3, -0.25) is 5.32 Å². The van der Waals surface area contributed by atoms with Crippen molar-refractivity contribution in [1.29, 1.82) is 0 Å². The largest absolute Gasteiger partial charge is 0.444 e. The van der Waals surface area contributed by atoms with Crippen LogP contribution < -0.4 is 5.32 Å². The second kappa shape index (κ2) is 8.57. The van der Waals surface area contributed by atoms with E-state index < -0.39 is 20.0 Å². The lowest BCUT2D eigenvalue weighted by Gasteiger charge is -2.36. The first kappa shape index (κ1) is 23.6. The number of nitrogens with zero attached hydrogens (tertiary/aromatic N) is 4. The van der Waals surface area contributed by atoms with Crippen LogP contribution in [0.2, 0.25) is 23.3 Å². The number of imidazole rings is 1. The SMILES string of the molecule is CC(C)(C)OC(=O)Nc1nc(Cl)c2ncn(CCCO[Si](C)(C)C(C)(C)C)c2n1. The van der Waals surface area contributed by atoms with Crippen molar-refractivity contribution in [2.75, 3.05) is 11.9 Å². The molecule has 162 valence electrons. The number of aromatic nitrogens is 4. The zero-order valence-corrected chi connectivity index (χ0v) is 20.3. The van der Waals surface area contributed by atoms with Crippen LogP contribution >= 0.6 is 11.6 Å². The fraction of sp³-hybridized carbons (Fsp3) is 0.684. The van der Waals surface area contributed by atoms with Gasteiger partial charge in [0.2, 0.25) is 5.95 Å². The number of hydrogen-bond donors (Lipinski definition) is 1. The number of fused-ring (bicyclic) bond motifs is 1. The standard InChI is InChI=1S/C19H32ClN5O3Si/c1-18(2,3)28-17(26)24-16-22-14(20)13-15(23-16)25(12-21-13)10-9-11-27-29(7,8)19(4,5)6/h12H,9-11H2,1-8H3,(H,22,23,24,26). The molecule has 0 saturated heterocycles. The van der Waals surface area contributed by atoms with Crippen molar-refractivity contribution in [3.63, 3.8) is 0 Å². The molecule has 0 fully saturated rings. The van der Waals surface area contributed by atoms with E-state index in [4.69, 9.17) is 20.8 Å². The van der Waals surface area contributed by atoms with Crippen molar-refractivity contribution in [2.45, 2.75) is 78.2 Å². The van der Waals surface area contributed by atoms with Gasteiger partial charge in [0.15, 0.2) is 19.1 Å². The number of anilines is 1. The summed E-state index contributed by atoms with van der Waals surface area (Å²) in [5.74, 6) is 0.0797. The van der Waals surface area contributed by atoms with Gasteiger partial charge in [-0.05, 0) is 45.3 Å². The lowest BCUT2D eigenvalue weighted by Crippen LogP contribution is -2.41. The highest BCUT2D eigenvalue weighted by Crippen LogP contribution is 2.36. The predicted molar refractivity (Wildman–Crippen MR) is 118 cm³/mol. The van der Waals surface area contributed by atoms with Crippen molar-refractivity contribution in [1.82, 2.24) is 19.5 Å². The van der Waals surface area contributed by atoms with Gasteiger partial charge in [0.25, 0.3) is 0 Å². The number of halogens is 1. The summed E-state index contributed by atoms with van der Waals surface area (Å²) in [5.41, 5.74) is 0.430. The molecule has 0 aliphatic rings. The average molecular weight is 442 g/mol. The van der Waals surface area contributed by atoms with Crippen molar-refractivity contribution >= 4 is 43.1 Å². The first-order valence-corrected chi connectivity index (χ1v) is 13.0. The highest BCUT2D eigenvalue weighted by molar-refractivity contribution is 6.74. The molecule has 29 heavy (non-hydrogen) atoms. The van der Waals surface area contributed by atoms with Gasteiger partial charge in [0.1, 0.15) is 11.1 Å². The monoisotopic (exact) mass is 441 g/mol. The molecule has 0 radical (unpaired) electrons. The quantitative estimate of drug-likeness (QED) is 0.374. The Morgan fingerprint density at radius 1 is 1.21 bits per heavy atom. The van der Waals surface area contributed by atoms with Crippen LogP contribution in [0.5, 0.6) is 0 Å². The summed E-state index contributed by atoms with van der Waals surface area (Å²) in [5, 5.41) is 2.88. The molecule has 0 saturated carbocycles. The summed E-state index contributed by atoms with van der Waals surface area (Å²) in [7, 11) is -1.77. The van der Waals surface area contributed by atoms with E-state index in [-0.39, 0.29) is 16.1 Å². The van der Waals surface area contributed by atoms with E-state index >= 15 is 0 Å². The number of aryl methyl sites for hydroxylation is 1. The van der Waals surface area contributed by atoms with Gasteiger partial charge < -0.3 is 13.7 Å². The lowest BCUT2D eigenvalue weighted by atomic mass is 10.2. The Morgan fingerprint density at radius 3 is 2.45 bits per heavy atom. The Hall–Kier alpha value is -1.71. The van der Waals surface area contributed by atoms with E-state index in [2.05, 4.69) is 54.1 Å². The molecule has 2 heterocycles. The zero-order chi connectivity index (χ0) is 22.0. The Balaban J connectivity index is 2.07. The van der Waals surface area contributed by atoms with E-state index in [1.807, 2.05) is 4.57 Å². The summed E-state index contributed by atoms with van der Waals surface area (Å²) >= 11 is 6.23. The van der Waals surface area contributed by atoms with Crippen LogP contribution in [0.4, 0.5) is 10.7 Å². The van der Waals surface area contributed by atoms with Gasteiger partial charge in [0.05, 0.1) is 6.33 Å². The molecule has 0 bridgehead atoms. The summed E-state index contributed by atoms with van der Waals surface area (Å²) in [6.07, 6.45) is 1.85. The number of carbonyl (C=O) groups excluding carboxylic acids is 1. The number of carbonyl (C=O) groups is 1. The molecule has 0 atom stereocenters. The molecule has 0 aliphatic heterocycles. The molecule has 10 heteroatoms. The van der Waals surface area contributed by atoms with Crippen molar-refractivity contribution in [3.05, 3.63) is 11.5 Å². The molecular formula is C19H32ClN5O3Si. The van der Waals surface area contributed by atoms with Crippen LogP contribution in [-0.4, -0.2) is 46.1 Å². The highest BCUT2D eigenvalue weighted by Gasteiger charge is 2.36. The lowest BCUT2D eigenvalue weighted by molar-refractivity contribution is 0.0634. The second-order valence-corrected chi connectivity index (χ2v) is 14.7. The molecule has 2 aromatic rings. The van der Waals surface area contributed by atoms with E-state index in [9.17, 15) is 4.79 Å². The van der Waals surface area contributed by atoms with Crippen LogP contribution in [0.1, 0.15) is 48.0 Å². The molecule has 1 N–H and O–H groups in total. The molecule has 1 amide bonds. The maximum Gasteiger partial charge on any atom is 0.414 e. The third-order valence-corrected chi connectivity index (χ3v) is 9.65. The van der Waals surface area contributed by atoms with E-state index in [1.54, 1.807) is 27.1 Å². The summed E-state index contributed by atoms with van der Waals surface area (Å²) < 4.78 is 13.3. The number of nitrogens with one attached hydrogen (secondary N) is 1. The minimum absolute atomic E-state index is 0.0797. The predicted octanol–water partition coefficient (Wildman–Crippen LogP) is 5.24. The molecule has 0 aliphatic carbocycles. The maximum atomic E-state index is 12.0. The topological polar surface area (TPSA) is 91.2 Å². The molecule has 0 aromatic carbocycles. The Kier molecular flexibility index (Phi) is 6.96. The third-order valence-electron chi connectivity index (χ3n) is 4.85. The minimum atomic E-state index is -1.77. The van der Waals surface area contributed by atoms with Crippen molar-refractivity contribution in [3.8, 4) is 0 Å². The number of amides is 1. The fourth-order valence-electron chi connectivity index (χ4n) is 2.30. The van der Waals surface area contributed by atoms with Crippen LogP contribution in [0, 0.1) is 0 Å². The van der Waals surface area contributed by atoms with E-state index in [1.165, 1.54) is 0 Å². The molecule has 2 rings (SSSR count). The molecule has 8 nitrogen and oxygen atoms in total. The van der Waals surface area contributed by atoms with Gasteiger partial charge in [-0.2, -0.15) is 9.97 Å². The van der Waals surface area contributed by atoms with Gasteiger partial charge in [-0.1, -0.05) is 32.4 Å². The Morgan fingerprint density at radius 2 is 1.86 bits per heavy atom. The van der Waals surface area contributed by atoms with Crippen LogP contribution in [0.3, 0.4) is 0 Å². The molecule has 0 spiro atoms.